The summed E-state index contributed by atoms with van der Waals surface area (Å²) in [4.78, 5) is 38.1. The molecule has 1 N–H and O–H groups in total. The maximum absolute atomic E-state index is 13.5. The van der Waals surface area contributed by atoms with E-state index in [1.54, 1.807) is 6.92 Å². The Labute approximate surface area is 191 Å². The Morgan fingerprint density at radius 3 is 2.56 bits per heavy atom. The highest BCUT2D eigenvalue weighted by Gasteiger charge is 2.68. The molecule has 4 aliphatic rings. The molecule has 0 aromatic heterocycles. The fourth-order valence-electron chi connectivity index (χ4n) is 7.85. The van der Waals surface area contributed by atoms with E-state index in [0.29, 0.717) is 30.6 Å². The summed E-state index contributed by atoms with van der Waals surface area (Å²) in [5, 5.41) is 9.05. The molecular weight excluding hydrogens is 408 g/mol. The number of esters is 1. The second-order valence-electron chi connectivity index (χ2n) is 10.8. The van der Waals surface area contributed by atoms with Gasteiger partial charge in [-0.05, 0) is 74.2 Å². The quantitative estimate of drug-likeness (QED) is 0.473. The Bertz CT molecular complexity index is 817. The predicted octanol–water partition coefficient (Wildman–Crippen LogP) is 3.79. The fourth-order valence-corrected chi connectivity index (χ4v) is 7.85. The maximum Gasteiger partial charge on any atom is 0.306 e. The standard InChI is InChI=1S/C26H38O6/c1-4-23(30)32-26(22(29)16-31-14-13-27)12-9-21-19-6-5-17-15-18(28)7-10-24(17,2)20(19)8-11-25(21,26)3/h15,19-21,27H,4-14,16H2,1-3H3/t19-,20+,21+,24+,25+,26+/m1/s1. The lowest BCUT2D eigenvalue weighted by Crippen LogP contribution is -2.60. The van der Waals surface area contributed by atoms with Crippen molar-refractivity contribution >= 4 is 17.5 Å². The van der Waals surface area contributed by atoms with Crippen LogP contribution in [0, 0.1) is 28.6 Å². The Balaban J connectivity index is 1.65. The molecule has 6 atom stereocenters. The fraction of sp³-hybridized carbons (Fsp3) is 0.808. The van der Waals surface area contributed by atoms with Crippen molar-refractivity contribution in [3.63, 3.8) is 0 Å². The molecule has 0 saturated heterocycles. The van der Waals surface area contributed by atoms with Crippen molar-refractivity contribution < 1.29 is 29.0 Å². The molecule has 0 aromatic carbocycles. The topological polar surface area (TPSA) is 89.9 Å². The summed E-state index contributed by atoms with van der Waals surface area (Å²) in [5.74, 6) is 1.04. The van der Waals surface area contributed by atoms with Crippen LogP contribution in [0.25, 0.3) is 0 Å². The van der Waals surface area contributed by atoms with Gasteiger partial charge in [0.1, 0.15) is 6.61 Å². The first-order valence-corrected chi connectivity index (χ1v) is 12.4. The van der Waals surface area contributed by atoms with Crippen LogP contribution in [0.1, 0.15) is 78.6 Å². The van der Waals surface area contributed by atoms with Crippen LogP contribution in [-0.4, -0.2) is 48.1 Å². The Morgan fingerprint density at radius 1 is 1.09 bits per heavy atom. The summed E-state index contributed by atoms with van der Waals surface area (Å²) < 4.78 is 11.4. The Morgan fingerprint density at radius 2 is 1.84 bits per heavy atom. The van der Waals surface area contributed by atoms with Crippen LogP contribution in [0.3, 0.4) is 0 Å². The van der Waals surface area contributed by atoms with Crippen molar-refractivity contribution in [3.8, 4) is 0 Å². The van der Waals surface area contributed by atoms with Crippen LogP contribution in [0.2, 0.25) is 0 Å². The Hall–Kier alpha value is -1.53. The van der Waals surface area contributed by atoms with E-state index in [-0.39, 0.29) is 49.2 Å². The molecule has 4 aliphatic carbocycles. The van der Waals surface area contributed by atoms with Crippen molar-refractivity contribution in [1.82, 2.24) is 0 Å². The monoisotopic (exact) mass is 446 g/mol. The smallest absolute Gasteiger partial charge is 0.306 e. The van der Waals surface area contributed by atoms with Crippen LogP contribution in [0.5, 0.6) is 0 Å². The molecule has 0 spiro atoms. The molecule has 0 radical (unpaired) electrons. The number of ketones is 2. The number of hydrogen-bond donors (Lipinski definition) is 1. The lowest BCUT2D eigenvalue weighted by molar-refractivity contribution is -0.192. The van der Waals surface area contributed by atoms with Gasteiger partial charge < -0.3 is 14.6 Å². The number of aliphatic hydroxyl groups excluding tert-OH is 1. The van der Waals surface area contributed by atoms with Gasteiger partial charge in [-0.2, -0.15) is 0 Å². The number of hydrogen-bond acceptors (Lipinski definition) is 6. The molecule has 4 rings (SSSR count). The van der Waals surface area contributed by atoms with Crippen molar-refractivity contribution in [3.05, 3.63) is 11.6 Å². The van der Waals surface area contributed by atoms with Crippen molar-refractivity contribution in [2.45, 2.75) is 84.2 Å². The summed E-state index contributed by atoms with van der Waals surface area (Å²) >= 11 is 0. The molecular formula is C26H38O6. The van der Waals surface area contributed by atoms with E-state index in [9.17, 15) is 14.4 Å². The third-order valence-corrected chi connectivity index (χ3v) is 9.58. The third kappa shape index (κ3) is 3.49. The maximum atomic E-state index is 13.5. The number of aliphatic hydroxyl groups is 1. The molecule has 0 aromatic rings. The number of carbonyl (C=O) groups excluding carboxylic acids is 3. The third-order valence-electron chi connectivity index (χ3n) is 9.58. The van der Waals surface area contributed by atoms with Gasteiger partial charge in [0.25, 0.3) is 0 Å². The largest absolute Gasteiger partial charge is 0.450 e. The summed E-state index contributed by atoms with van der Waals surface area (Å²) in [6.45, 7) is 6.08. The van der Waals surface area contributed by atoms with Gasteiger partial charge in [-0.1, -0.05) is 26.3 Å². The van der Waals surface area contributed by atoms with Crippen LogP contribution >= 0.6 is 0 Å². The van der Waals surface area contributed by atoms with Crippen molar-refractivity contribution in [1.29, 1.82) is 0 Å². The SMILES string of the molecule is CCC(=O)O[C@]1(C(=O)COCCO)CC[C@H]2[C@@H]3CCC4=CC(=O)CC[C@]4(C)[C@H]3CC[C@@]21C. The molecule has 3 fully saturated rings. The zero-order valence-electron chi connectivity index (χ0n) is 19.8. The molecule has 0 unspecified atom stereocenters. The predicted molar refractivity (Wildman–Crippen MR) is 119 cm³/mol. The summed E-state index contributed by atoms with van der Waals surface area (Å²) in [6, 6.07) is 0. The highest BCUT2D eigenvalue weighted by Crippen LogP contribution is 2.68. The average molecular weight is 447 g/mol. The molecule has 3 saturated carbocycles. The van der Waals surface area contributed by atoms with Gasteiger partial charge in [0, 0.05) is 18.3 Å². The summed E-state index contributed by atoms with van der Waals surface area (Å²) in [7, 11) is 0. The van der Waals surface area contributed by atoms with Crippen LogP contribution in [0.4, 0.5) is 0 Å². The number of fused-ring (bicyclic) bond motifs is 5. The van der Waals surface area contributed by atoms with Crippen molar-refractivity contribution in [2.75, 3.05) is 19.8 Å². The highest BCUT2D eigenvalue weighted by atomic mass is 16.6. The minimum atomic E-state index is -1.15. The van der Waals surface area contributed by atoms with Gasteiger partial charge in [-0.3, -0.25) is 14.4 Å². The minimum Gasteiger partial charge on any atom is -0.450 e. The van der Waals surface area contributed by atoms with Gasteiger partial charge in [0.15, 0.2) is 11.4 Å². The van der Waals surface area contributed by atoms with Gasteiger partial charge in [-0.25, -0.2) is 0 Å². The average Bonchev–Trinajstić information content (AvgIpc) is 3.07. The van der Waals surface area contributed by atoms with E-state index in [4.69, 9.17) is 14.6 Å². The van der Waals surface area contributed by atoms with Gasteiger partial charge in [0.05, 0.1) is 13.2 Å². The number of allylic oxidation sites excluding steroid dienone is 1. The van der Waals surface area contributed by atoms with E-state index < -0.39 is 11.0 Å². The van der Waals surface area contributed by atoms with Gasteiger partial charge in [-0.15, -0.1) is 0 Å². The number of carbonyl (C=O) groups is 3. The Kier molecular flexibility index (Phi) is 6.40. The molecule has 0 bridgehead atoms. The van der Waals surface area contributed by atoms with Crippen LogP contribution < -0.4 is 0 Å². The molecule has 0 amide bonds. The normalized spacial score (nSPS) is 40.7. The highest BCUT2D eigenvalue weighted by molar-refractivity contribution is 5.92. The second-order valence-corrected chi connectivity index (χ2v) is 10.8. The van der Waals surface area contributed by atoms with Crippen LogP contribution in [-0.2, 0) is 23.9 Å². The molecule has 178 valence electrons. The molecule has 0 aliphatic heterocycles. The van der Waals surface area contributed by atoms with E-state index in [2.05, 4.69) is 13.8 Å². The number of Topliss-reactive ketones (excluding diaryl/α,β-unsaturated/α-hetero) is 1. The number of rotatable bonds is 7. The first-order valence-electron chi connectivity index (χ1n) is 12.4. The lowest BCUT2D eigenvalue weighted by atomic mass is 9.46. The minimum absolute atomic E-state index is 0.0672. The first kappa shape index (κ1) is 23.6. The van der Waals surface area contributed by atoms with Gasteiger partial charge in [0.2, 0.25) is 5.78 Å². The van der Waals surface area contributed by atoms with E-state index in [0.717, 1.165) is 38.5 Å². The van der Waals surface area contributed by atoms with E-state index >= 15 is 0 Å². The van der Waals surface area contributed by atoms with Crippen LogP contribution in [0.15, 0.2) is 11.6 Å². The van der Waals surface area contributed by atoms with Crippen molar-refractivity contribution in [2.24, 2.45) is 28.6 Å². The van der Waals surface area contributed by atoms with E-state index in [1.165, 1.54) is 5.57 Å². The molecule has 6 heteroatoms. The van der Waals surface area contributed by atoms with E-state index in [1.807, 2.05) is 6.08 Å². The second kappa shape index (κ2) is 8.68. The number of ether oxygens (including phenoxy) is 2. The molecule has 6 nitrogen and oxygen atoms in total. The lowest BCUT2D eigenvalue weighted by Gasteiger charge is -2.59. The van der Waals surface area contributed by atoms with Gasteiger partial charge >= 0.3 is 5.97 Å². The molecule has 0 heterocycles. The zero-order valence-corrected chi connectivity index (χ0v) is 19.8. The summed E-state index contributed by atoms with van der Waals surface area (Å²) in [5.41, 5.74) is -0.169. The molecule has 32 heavy (non-hydrogen) atoms. The summed E-state index contributed by atoms with van der Waals surface area (Å²) in [6.07, 6.45) is 8.91. The first-order chi connectivity index (χ1) is 15.2. The zero-order chi connectivity index (χ0) is 23.1.